The highest BCUT2D eigenvalue weighted by molar-refractivity contribution is 6.31. The highest BCUT2D eigenvalue weighted by Crippen LogP contribution is 2.21. The molecule has 0 amide bonds. The Labute approximate surface area is 101 Å². The Morgan fingerprint density at radius 1 is 1.50 bits per heavy atom. The molecular weight excluding hydrogens is 226 g/mol. The molecule has 1 rings (SSSR count). The van der Waals surface area contributed by atoms with Crippen LogP contribution in [0.4, 0.5) is 0 Å². The highest BCUT2D eigenvalue weighted by Gasteiger charge is 2.08. The number of rotatable bonds is 5. The Kier molecular flexibility index (Phi) is 5.29. The van der Waals surface area contributed by atoms with E-state index < -0.39 is 0 Å². The third-order valence-corrected chi connectivity index (χ3v) is 2.72. The van der Waals surface area contributed by atoms with Crippen molar-refractivity contribution in [1.82, 2.24) is 5.32 Å². The van der Waals surface area contributed by atoms with Gasteiger partial charge in [0.05, 0.1) is 13.5 Å². The largest absolute Gasteiger partial charge is 0.469 e. The van der Waals surface area contributed by atoms with Gasteiger partial charge in [0.15, 0.2) is 0 Å². The molecule has 0 spiro atoms. The van der Waals surface area contributed by atoms with Crippen LogP contribution < -0.4 is 5.32 Å². The minimum atomic E-state index is -0.209. The normalized spacial score (nSPS) is 12.2. The van der Waals surface area contributed by atoms with Crippen molar-refractivity contribution < 1.29 is 9.53 Å². The number of carbonyl (C=O) groups excluding carboxylic acids is 1. The third-order valence-electron chi connectivity index (χ3n) is 2.38. The zero-order valence-corrected chi connectivity index (χ0v) is 10.3. The minimum Gasteiger partial charge on any atom is -0.469 e. The average Bonchev–Trinajstić information content (AvgIpc) is 2.29. The quantitative estimate of drug-likeness (QED) is 0.806. The van der Waals surface area contributed by atoms with Crippen LogP contribution in [0.3, 0.4) is 0 Å². The molecule has 16 heavy (non-hydrogen) atoms. The van der Waals surface area contributed by atoms with Crippen LogP contribution in [0.25, 0.3) is 0 Å². The van der Waals surface area contributed by atoms with Crippen LogP contribution in [-0.4, -0.2) is 19.6 Å². The van der Waals surface area contributed by atoms with Gasteiger partial charge in [0.1, 0.15) is 0 Å². The molecule has 1 aromatic carbocycles. The smallest absolute Gasteiger partial charge is 0.306 e. The van der Waals surface area contributed by atoms with Crippen molar-refractivity contribution in [2.45, 2.75) is 19.4 Å². The van der Waals surface area contributed by atoms with Gasteiger partial charge in [-0.05, 0) is 18.6 Å². The fraction of sp³-hybridized carbons (Fsp3) is 0.417. The van der Waals surface area contributed by atoms with Gasteiger partial charge in [-0.2, -0.15) is 0 Å². The number of hydrogen-bond acceptors (Lipinski definition) is 3. The van der Waals surface area contributed by atoms with E-state index in [9.17, 15) is 4.79 Å². The monoisotopic (exact) mass is 241 g/mol. The molecule has 88 valence electrons. The van der Waals surface area contributed by atoms with Crippen LogP contribution in [0.15, 0.2) is 24.3 Å². The van der Waals surface area contributed by atoms with E-state index in [1.165, 1.54) is 7.11 Å². The molecule has 0 heterocycles. The summed E-state index contributed by atoms with van der Waals surface area (Å²) >= 11 is 6.06. The van der Waals surface area contributed by atoms with E-state index in [1.807, 2.05) is 31.2 Å². The number of methoxy groups -OCH3 is 1. The second-order valence-corrected chi connectivity index (χ2v) is 3.93. The number of hydrogen-bond donors (Lipinski definition) is 1. The van der Waals surface area contributed by atoms with Crippen LogP contribution in [-0.2, 0) is 9.53 Å². The average molecular weight is 242 g/mol. The first-order valence-electron chi connectivity index (χ1n) is 5.19. The van der Waals surface area contributed by atoms with Gasteiger partial charge in [-0.15, -0.1) is 0 Å². The summed E-state index contributed by atoms with van der Waals surface area (Å²) in [5.41, 5.74) is 1.04. The second-order valence-electron chi connectivity index (χ2n) is 3.52. The molecule has 0 saturated carbocycles. The summed E-state index contributed by atoms with van der Waals surface area (Å²) < 4.78 is 4.56. The van der Waals surface area contributed by atoms with E-state index in [2.05, 4.69) is 10.1 Å². The first-order chi connectivity index (χ1) is 7.65. The van der Waals surface area contributed by atoms with Crippen LogP contribution in [0.2, 0.25) is 5.02 Å². The summed E-state index contributed by atoms with van der Waals surface area (Å²) in [7, 11) is 1.39. The molecule has 0 aliphatic rings. The fourth-order valence-corrected chi connectivity index (χ4v) is 1.73. The van der Waals surface area contributed by atoms with Crippen LogP contribution >= 0.6 is 11.6 Å². The number of nitrogens with one attached hydrogen (secondary N) is 1. The summed E-state index contributed by atoms with van der Waals surface area (Å²) in [6, 6.07) is 7.79. The van der Waals surface area contributed by atoms with Crippen LogP contribution in [0.1, 0.15) is 24.9 Å². The third kappa shape index (κ3) is 3.83. The summed E-state index contributed by atoms with van der Waals surface area (Å²) in [5.74, 6) is -0.209. The lowest BCUT2D eigenvalue weighted by Crippen LogP contribution is -2.22. The maximum absolute atomic E-state index is 10.9. The van der Waals surface area contributed by atoms with Gasteiger partial charge in [0, 0.05) is 17.6 Å². The Morgan fingerprint density at radius 3 is 2.81 bits per heavy atom. The van der Waals surface area contributed by atoms with E-state index in [4.69, 9.17) is 11.6 Å². The Balaban J connectivity index is 2.44. The number of benzene rings is 1. The van der Waals surface area contributed by atoms with E-state index in [-0.39, 0.29) is 12.0 Å². The zero-order chi connectivity index (χ0) is 12.0. The molecule has 0 aromatic heterocycles. The predicted molar refractivity (Wildman–Crippen MR) is 64.5 cm³/mol. The molecule has 0 saturated heterocycles. The molecule has 1 atom stereocenters. The van der Waals surface area contributed by atoms with Crippen molar-refractivity contribution in [3.8, 4) is 0 Å². The molecule has 0 radical (unpaired) electrons. The molecule has 3 nitrogen and oxygen atoms in total. The van der Waals surface area contributed by atoms with Gasteiger partial charge in [0.25, 0.3) is 0 Å². The predicted octanol–water partition coefficient (Wildman–Crippen LogP) is 2.55. The van der Waals surface area contributed by atoms with Crippen molar-refractivity contribution in [1.29, 1.82) is 0 Å². The number of halogens is 1. The Morgan fingerprint density at radius 2 is 2.19 bits per heavy atom. The van der Waals surface area contributed by atoms with Gasteiger partial charge >= 0.3 is 5.97 Å². The van der Waals surface area contributed by atoms with Gasteiger partial charge in [-0.25, -0.2) is 0 Å². The van der Waals surface area contributed by atoms with Crippen molar-refractivity contribution in [3.63, 3.8) is 0 Å². The molecule has 0 bridgehead atoms. The summed E-state index contributed by atoms with van der Waals surface area (Å²) in [5, 5.41) is 3.96. The second kappa shape index (κ2) is 6.51. The molecule has 0 unspecified atom stereocenters. The lowest BCUT2D eigenvalue weighted by molar-refractivity contribution is -0.140. The van der Waals surface area contributed by atoms with Gasteiger partial charge < -0.3 is 10.1 Å². The number of ether oxygens (including phenoxy) is 1. The van der Waals surface area contributed by atoms with E-state index >= 15 is 0 Å². The molecule has 1 aromatic rings. The highest BCUT2D eigenvalue weighted by atomic mass is 35.5. The maximum atomic E-state index is 10.9. The minimum absolute atomic E-state index is 0.123. The molecule has 0 aliphatic heterocycles. The SMILES string of the molecule is COC(=O)CCN[C@H](C)c1ccccc1Cl. The molecule has 4 heteroatoms. The Bertz CT molecular complexity index is 355. The molecule has 0 aliphatic carbocycles. The van der Waals surface area contributed by atoms with Crippen molar-refractivity contribution in [2.24, 2.45) is 0 Å². The van der Waals surface area contributed by atoms with Gasteiger partial charge in [-0.3, -0.25) is 4.79 Å². The van der Waals surface area contributed by atoms with Gasteiger partial charge in [0.2, 0.25) is 0 Å². The standard InChI is InChI=1S/C12H16ClNO2/c1-9(14-8-7-12(15)16-2)10-5-3-4-6-11(10)13/h3-6,9,14H,7-8H2,1-2H3/t9-/m1/s1. The first kappa shape index (κ1) is 13.0. The first-order valence-corrected chi connectivity index (χ1v) is 5.57. The molecule has 0 fully saturated rings. The number of esters is 1. The lowest BCUT2D eigenvalue weighted by atomic mass is 10.1. The topological polar surface area (TPSA) is 38.3 Å². The summed E-state index contributed by atoms with van der Waals surface area (Å²) in [6.45, 7) is 2.59. The van der Waals surface area contributed by atoms with Crippen molar-refractivity contribution in [2.75, 3.05) is 13.7 Å². The number of carbonyl (C=O) groups is 1. The van der Waals surface area contributed by atoms with Gasteiger partial charge in [-0.1, -0.05) is 29.8 Å². The van der Waals surface area contributed by atoms with Crippen molar-refractivity contribution >= 4 is 17.6 Å². The maximum Gasteiger partial charge on any atom is 0.306 e. The molecule has 1 N–H and O–H groups in total. The zero-order valence-electron chi connectivity index (χ0n) is 9.50. The van der Waals surface area contributed by atoms with Crippen molar-refractivity contribution in [3.05, 3.63) is 34.9 Å². The fourth-order valence-electron chi connectivity index (χ4n) is 1.43. The summed E-state index contributed by atoms with van der Waals surface area (Å²) in [6.07, 6.45) is 0.366. The lowest BCUT2D eigenvalue weighted by Gasteiger charge is -2.15. The summed E-state index contributed by atoms with van der Waals surface area (Å²) in [4.78, 5) is 10.9. The van der Waals surface area contributed by atoms with E-state index in [1.54, 1.807) is 0 Å². The molecular formula is C12H16ClNO2. The van der Waals surface area contributed by atoms with E-state index in [0.29, 0.717) is 13.0 Å². The van der Waals surface area contributed by atoms with Crippen LogP contribution in [0, 0.1) is 0 Å². The Hall–Kier alpha value is -1.06. The van der Waals surface area contributed by atoms with E-state index in [0.717, 1.165) is 10.6 Å². The van der Waals surface area contributed by atoms with Crippen LogP contribution in [0.5, 0.6) is 0 Å².